The van der Waals surface area contributed by atoms with Crippen LogP contribution < -0.4 is 10.6 Å². The van der Waals surface area contributed by atoms with E-state index in [0.29, 0.717) is 27.5 Å². The lowest BCUT2D eigenvalue weighted by molar-refractivity contribution is 0.0635. The van der Waals surface area contributed by atoms with Crippen LogP contribution in [0.5, 0.6) is 0 Å². The van der Waals surface area contributed by atoms with Gasteiger partial charge in [0.15, 0.2) is 0 Å². The molecule has 2 N–H and O–H groups in total. The number of fused-ring (bicyclic) bond motifs is 1. The van der Waals surface area contributed by atoms with Crippen molar-refractivity contribution >= 4 is 39.5 Å². The number of anilines is 2. The predicted octanol–water partition coefficient (Wildman–Crippen LogP) is 4.90. The van der Waals surface area contributed by atoms with Crippen molar-refractivity contribution in [3.63, 3.8) is 0 Å². The third-order valence-corrected chi connectivity index (χ3v) is 5.59. The van der Waals surface area contributed by atoms with E-state index in [0.717, 1.165) is 10.4 Å². The summed E-state index contributed by atoms with van der Waals surface area (Å²) in [4.78, 5) is 34.3. The smallest absolute Gasteiger partial charge is 0.412 e. The Balaban J connectivity index is 1.54. The Labute approximate surface area is 192 Å². The number of ether oxygens (including phenoxy) is 1. The van der Waals surface area contributed by atoms with Crippen LogP contribution in [-0.4, -0.2) is 37.2 Å². The van der Waals surface area contributed by atoms with E-state index in [1.807, 2.05) is 0 Å². The molecule has 0 spiro atoms. The molecule has 0 saturated heterocycles. The van der Waals surface area contributed by atoms with Crippen LogP contribution in [0.4, 0.5) is 20.6 Å². The highest BCUT2D eigenvalue weighted by atomic mass is 32.1. The van der Waals surface area contributed by atoms with Crippen LogP contribution >= 0.6 is 11.3 Å². The topological polar surface area (TPSA) is 111 Å². The minimum atomic E-state index is -0.642. The van der Waals surface area contributed by atoms with Gasteiger partial charge < -0.3 is 10.1 Å². The molecule has 4 heterocycles. The number of pyridine rings is 2. The monoisotopic (exact) mass is 468 g/mol. The number of thiazole rings is 1. The van der Waals surface area contributed by atoms with Crippen LogP contribution in [-0.2, 0) is 4.74 Å². The number of halogens is 1. The van der Waals surface area contributed by atoms with Crippen LogP contribution in [0, 0.1) is 12.9 Å². The number of aryl methyl sites for hydroxylation is 1. The van der Waals surface area contributed by atoms with E-state index in [-0.39, 0.29) is 5.91 Å². The Morgan fingerprint density at radius 1 is 1.12 bits per heavy atom. The highest BCUT2D eigenvalue weighted by Crippen LogP contribution is 2.30. The fourth-order valence-electron chi connectivity index (χ4n) is 2.94. The molecule has 0 fully saturated rings. The van der Waals surface area contributed by atoms with Crippen LogP contribution in [0.15, 0.2) is 43.0 Å². The zero-order valence-electron chi connectivity index (χ0n) is 18.3. The van der Waals surface area contributed by atoms with Crippen LogP contribution in [0.1, 0.15) is 36.8 Å². The van der Waals surface area contributed by atoms with Gasteiger partial charge >= 0.3 is 6.09 Å². The normalized spacial score (nSPS) is 11.4. The van der Waals surface area contributed by atoms with Crippen molar-refractivity contribution in [1.29, 1.82) is 0 Å². The van der Waals surface area contributed by atoms with Crippen molar-refractivity contribution < 1.29 is 18.7 Å². The van der Waals surface area contributed by atoms with E-state index >= 15 is 0 Å². The third-order valence-electron chi connectivity index (χ3n) is 4.43. The molecule has 2 amide bonds. The van der Waals surface area contributed by atoms with Crippen molar-refractivity contribution in [1.82, 2.24) is 19.6 Å². The average Bonchev–Trinajstić information content (AvgIpc) is 3.30. The number of hydrogen-bond acceptors (Lipinski definition) is 7. The SMILES string of the molecule is Cc1ncc(NC(=O)OC(C)(C)C)cc1NC(=O)c1cnn2cc(-c3ccc(F)nc3)sc12. The number of aromatic nitrogens is 4. The Hall–Kier alpha value is -3.86. The first kappa shape index (κ1) is 22.3. The summed E-state index contributed by atoms with van der Waals surface area (Å²) in [6.07, 6.45) is 5.52. The standard InChI is InChI=1S/C22H21FN6O3S/c1-12-16(7-14(9-24-12)27-21(31)32-22(2,3)4)28-19(30)15-10-26-29-11-17(33-20(15)29)13-5-6-18(23)25-8-13/h5-11H,1-4H3,(H,27,31)(H,28,30). The Morgan fingerprint density at radius 2 is 1.91 bits per heavy atom. The maximum Gasteiger partial charge on any atom is 0.412 e. The lowest BCUT2D eigenvalue weighted by Crippen LogP contribution is -2.27. The quantitative estimate of drug-likeness (QED) is 0.412. The number of carbonyl (C=O) groups is 2. The van der Waals surface area contributed by atoms with E-state index in [1.165, 1.54) is 36.0 Å². The summed E-state index contributed by atoms with van der Waals surface area (Å²) in [6.45, 7) is 7.04. The summed E-state index contributed by atoms with van der Waals surface area (Å²) < 4.78 is 19.9. The molecule has 0 aliphatic heterocycles. The Morgan fingerprint density at radius 3 is 2.61 bits per heavy atom. The van der Waals surface area contributed by atoms with Crippen molar-refractivity contribution in [3.05, 3.63) is 60.2 Å². The second-order valence-corrected chi connectivity index (χ2v) is 9.24. The van der Waals surface area contributed by atoms with Crippen LogP contribution in [0.2, 0.25) is 0 Å². The maximum atomic E-state index is 13.1. The van der Waals surface area contributed by atoms with Gasteiger partial charge in [0.1, 0.15) is 10.4 Å². The number of amides is 2. The number of rotatable bonds is 4. The molecule has 0 radical (unpaired) electrons. The fraction of sp³-hybridized carbons (Fsp3) is 0.227. The summed E-state index contributed by atoms with van der Waals surface area (Å²) in [5.74, 6) is -0.942. The lowest BCUT2D eigenvalue weighted by Gasteiger charge is -2.19. The summed E-state index contributed by atoms with van der Waals surface area (Å²) >= 11 is 1.34. The lowest BCUT2D eigenvalue weighted by atomic mass is 10.2. The van der Waals surface area contributed by atoms with Crippen molar-refractivity contribution in [2.75, 3.05) is 10.6 Å². The van der Waals surface area contributed by atoms with Crippen molar-refractivity contribution in [2.45, 2.75) is 33.3 Å². The van der Waals surface area contributed by atoms with Crippen molar-refractivity contribution in [3.8, 4) is 10.4 Å². The summed E-state index contributed by atoms with van der Waals surface area (Å²) in [5, 5.41) is 9.67. The average molecular weight is 469 g/mol. The first-order chi connectivity index (χ1) is 15.6. The molecule has 11 heteroatoms. The third kappa shape index (κ3) is 5.14. The first-order valence-electron chi connectivity index (χ1n) is 9.96. The van der Waals surface area contributed by atoms with Gasteiger partial charge in [0.25, 0.3) is 5.91 Å². The van der Waals surface area contributed by atoms with Gasteiger partial charge in [0.05, 0.1) is 39.9 Å². The molecule has 9 nitrogen and oxygen atoms in total. The number of nitrogens with zero attached hydrogens (tertiary/aromatic N) is 4. The number of hydrogen-bond donors (Lipinski definition) is 2. The largest absolute Gasteiger partial charge is 0.444 e. The molecule has 0 atom stereocenters. The molecule has 0 aliphatic rings. The molecule has 170 valence electrons. The van der Waals surface area contributed by atoms with Gasteiger partial charge in [0, 0.05) is 18.0 Å². The summed E-state index contributed by atoms with van der Waals surface area (Å²) in [6, 6.07) is 4.50. The molecule has 4 rings (SSSR count). The number of carbonyl (C=O) groups excluding carboxylic acids is 2. The number of nitrogens with one attached hydrogen (secondary N) is 2. The van der Waals surface area contributed by atoms with Crippen LogP contribution in [0.3, 0.4) is 0 Å². The zero-order chi connectivity index (χ0) is 23.8. The second-order valence-electron chi connectivity index (χ2n) is 8.21. The summed E-state index contributed by atoms with van der Waals surface area (Å²) in [7, 11) is 0. The second kappa shape index (κ2) is 8.58. The molecule has 4 aromatic heterocycles. The van der Waals surface area contributed by atoms with E-state index in [1.54, 1.807) is 50.5 Å². The van der Waals surface area contributed by atoms with Gasteiger partial charge in [0.2, 0.25) is 5.95 Å². The molecule has 33 heavy (non-hydrogen) atoms. The Kier molecular flexibility index (Phi) is 5.81. The van der Waals surface area contributed by atoms with Gasteiger partial charge in [-0.05, 0) is 45.9 Å². The van der Waals surface area contributed by atoms with Gasteiger partial charge in [-0.3, -0.25) is 15.1 Å². The van der Waals surface area contributed by atoms with E-state index in [2.05, 4.69) is 25.7 Å². The van der Waals surface area contributed by atoms with Gasteiger partial charge in [-0.25, -0.2) is 14.3 Å². The molecule has 0 unspecified atom stereocenters. The molecule has 0 aromatic carbocycles. The van der Waals surface area contributed by atoms with Gasteiger partial charge in [-0.2, -0.15) is 9.49 Å². The minimum Gasteiger partial charge on any atom is -0.444 e. The molecule has 0 aliphatic carbocycles. The van der Waals surface area contributed by atoms with Gasteiger partial charge in [-0.15, -0.1) is 11.3 Å². The van der Waals surface area contributed by atoms with Gasteiger partial charge in [-0.1, -0.05) is 0 Å². The van der Waals surface area contributed by atoms with Crippen molar-refractivity contribution in [2.24, 2.45) is 0 Å². The van der Waals surface area contributed by atoms with Crippen LogP contribution in [0.25, 0.3) is 15.3 Å². The molecule has 0 bridgehead atoms. The Bertz CT molecular complexity index is 1340. The zero-order valence-corrected chi connectivity index (χ0v) is 19.2. The predicted molar refractivity (Wildman–Crippen MR) is 123 cm³/mol. The molecular weight excluding hydrogens is 447 g/mol. The summed E-state index contributed by atoms with van der Waals surface area (Å²) in [5.41, 5.74) is 1.84. The van der Waals surface area contributed by atoms with E-state index in [9.17, 15) is 14.0 Å². The molecular formula is C22H21FN6O3S. The van der Waals surface area contributed by atoms with E-state index < -0.39 is 17.6 Å². The highest BCUT2D eigenvalue weighted by Gasteiger charge is 2.19. The molecule has 0 saturated carbocycles. The highest BCUT2D eigenvalue weighted by molar-refractivity contribution is 7.21. The first-order valence-corrected chi connectivity index (χ1v) is 10.8. The van der Waals surface area contributed by atoms with E-state index in [4.69, 9.17) is 4.74 Å². The minimum absolute atomic E-state index is 0.367. The fourth-order valence-corrected chi connectivity index (χ4v) is 3.98. The molecule has 4 aromatic rings. The maximum absolute atomic E-state index is 13.1.